The highest BCUT2D eigenvalue weighted by molar-refractivity contribution is 5.76. The van der Waals surface area contributed by atoms with Crippen LogP contribution in [0.25, 0.3) is 0 Å². The fourth-order valence-corrected chi connectivity index (χ4v) is 2.76. The van der Waals surface area contributed by atoms with Crippen LogP contribution in [0.5, 0.6) is 0 Å². The molecular formula is C16H19F2NO3. The van der Waals surface area contributed by atoms with Crippen molar-refractivity contribution in [3.63, 3.8) is 0 Å². The minimum atomic E-state index is -0.781. The van der Waals surface area contributed by atoms with E-state index in [0.717, 1.165) is 6.07 Å². The van der Waals surface area contributed by atoms with Crippen molar-refractivity contribution in [1.29, 1.82) is 0 Å². The number of carbonyl (C=O) groups is 2. The molecule has 1 aliphatic rings. The summed E-state index contributed by atoms with van der Waals surface area (Å²) in [6.45, 7) is 0. The molecule has 0 saturated heterocycles. The largest absolute Gasteiger partial charge is 0.481 e. The van der Waals surface area contributed by atoms with E-state index in [1.807, 2.05) is 0 Å². The lowest BCUT2D eigenvalue weighted by Gasteiger charge is -2.26. The van der Waals surface area contributed by atoms with Gasteiger partial charge in [-0.05, 0) is 43.7 Å². The van der Waals surface area contributed by atoms with Gasteiger partial charge in [0.2, 0.25) is 5.91 Å². The summed E-state index contributed by atoms with van der Waals surface area (Å²) in [4.78, 5) is 22.7. The predicted molar refractivity (Wildman–Crippen MR) is 76.2 cm³/mol. The van der Waals surface area contributed by atoms with Crippen LogP contribution in [0.2, 0.25) is 0 Å². The summed E-state index contributed by atoms with van der Waals surface area (Å²) in [6, 6.07) is 3.31. The first kappa shape index (κ1) is 16.4. The van der Waals surface area contributed by atoms with Gasteiger partial charge in [-0.25, -0.2) is 8.78 Å². The van der Waals surface area contributed by atoms with Crippen molar-refractivity contribution in [2.75, 3.05) is 0 Å². The van der Waals surface area contributed by atoms with Crippen molar-refractivity contribution in [3.05, 3.63) is 35.4 Å². The minimum absolute atomic E-state index is 0.0128. The zero-order valence-corrected chi connectivity index (χ0v) is 12.1. The average molecular weight is 311 g/mol. The third-order valence-electron chi connectivity index (χ3n) is 4.08. The van der Waals surface area contributed by atoms with E-state index in [1.165, 1.54) is 12.1 Å². The molecule has 120 valence electrons. The normalized spacial score (nSPS) is 21.4. The summed E-state index contributed by atoms with van der Waals surface area (Å²) in [5.41, 5.74) is 0.311. The van der Waals surface area contributed by atoms with Crippen molar-refractivity contribution >= 4 is 11.9 Å². The van der Waals surface area contributed by atoms with Crippen LogP contribution in [0.4, 0.5) is 8.78 Å². The van der Waals surface area contributed by atoms with E-state index in [-0.39, 0.29) is 30.7 Å². The Bertz CT molecular complexity index is 554. The Morgan fingerprint density at radius 2 is 1.86 bits per heavy atom. The Morgan fingerprint density at radius 3 is 2.45 bits per heavy atom. The minimum Gasteiger partial charge on any atom is -0.481 e. The lowest BCUT2D eigenvalue weighted by Crippen LogP contribution is -2.38. The molecule has 6 heteroatoms. The Balaban J connectivity index is 1.75. The standard InChI is InChI=1S/C16H19F2NO3/c17-12-5-1-10(14(18)9-12)4-8-15(20)19-13-6-2-11(3-7-13)16(21)22/h1,5,9,11,13H,2-4,6-8H2,(H,19,20)(H,21,22). The first-order valence-corrected chi connectivity index (χ1v) is 7.42. The average Bonchev–Trinajstić information content (AvgIpc) is 2.47. The number of carboxylic acid groups (broad SMARTS) is 1. The number of aryl methyl sites for hydroxylation is 1. The summed E-state index contributed by atoms with van der Waals surface area (Å²) in [7, 11) is 0. The van der Waals surface area contributed by atoms with Gasteiger partial charge in [-0.1, -0.05) is 6.07 Å². The molecule has 4 nitrogen and oxygen atoms in total. The molecule has 1 amide bonds. The van der Waals surface area contributed by atoms with E-state index in [1.54, 1.807) is 0 Å². The van der Waals surface area contributed by atoms with Crippen LogP contribution in [0.15, 0.2) is 18.2 Å². The number of aliphatic carboxylic acids is 1. The maximum absolute atomic E-state index is 13.5. The molecular weight excluding hydrogens is 292 g/mol. The maximum Gasteiger partial charge on any atom is 0.306 e. The van der Waals surface area contributed by atoms with E-state index in [0.29, 0.717) is 31.2 Å². The molecule has 0 aliphatic heterocycles. The molecule has 1 fully saturated rings. The first-order chi connectivity index (χ1) is 10.5. The van der Waals surface area contributed by atoms with E-state index in [4.69, 9.17) is 5.11 Å². The molecule has 2 rings (SSSR count). The van der Waals surface area contributed by atoms with E-state index < -0.39 is 17.6 Å². The monoisotopic (exact) mass is 311 g/mol. The Morgan fingerprint density at radius 1 is 1.18 bits per heavy atom. The highest BCUT2D eigenvalue weighted by Gasteiger charge is 2.26. The number of carboxylic acids is 1. The smallest absolute Gasteiger partial charge is 0.306 e. The molecule has 1 aromatic rings. The van der Waals surface area contributed by atoms with Crippen LogP contribution in [-0.4, -0.2) is 23.0 Å². The van der Waals surface area contributed by atoms with E-state index in [9.17, 15) is 18.4 Å². The quantitative estimate of drug-likeness (QED) is 0.878. The molecule has 0 spiro atoms. The van der Waals surface area contributed by atoms with Gasteiger partial charge in [0.1, 0.15) is 11.6 Å². The fourth-order valence-electron chi connectivity index (χ4n) is 2.76. The number of carbonyl (C=O) groups excluding carboxylic acids is 1. The summed E-state index contributed by atoms with van der Waals surface area (Å²) in [5, 5.41) is 11.8. The molecule has 1 saturated carbocycles. The molecule has 0 atom stereocenters. The summed E-state index contributed by atoms with van der Waals surface area (Å²) < 4.78 is 26.2. The molecule has 0 heterocycles. The highest BCUT2D eigenvalue weighted by atomic mass is 19.1. The molecule has 1 aromatic carbocycles. The number of benzene rings is 1. The van der Waals surface area contributed by atoms with Crippen LogP contribution < -0.4 is 5.32 Å². The van der Waals surface area contributed by atoms with Crippen LogP contribution >= 0.6 is 0 Å². The van der Waals surface area contributed by atoms with Crippen LogP contribution in [0.1, 0.15) is 37.7 Å². The van der Waals surface area contributed by atoms with Crippen molar-refractivity contribution < 1.29 is 23.5 Å². The second kappa shape index (κ2) is 7.33. The van der Waals surface area contributed by atoms with Crippen LogP contribution in [0.3, 0.4) is 0 Å². The SMILES string of the molecule is O=C(CCc1ccc(F)cc1F)NC1CCC(C(=O)O)CC1. The lowest BCUT2D eigenvalue weighted by atomic mass is 9.86. The van der Waals surface area contributed by atoms with Gasteiger partial charge in [0.15, 0.2) is 0 Å². The van der Waals surface area contributed by atoms with Gasteiger partial charge < -0.3 is 10.4 Å². The van der Waals surface area contributed by atoms with Gasteiger partial charge in [0.05, 0.1) is 5.92 Å². The predicted octanol–water partition coefficient (Wildman–Crippen LogP) is 2.66. The van der Waals surface area contributed by atoms with Crippen molar-refractivity contribution in [2.45, 2.75) is 44.6 Å². The Kier molecular flexibility index (Phi) is 5.46. The van der Waals surface area contributed by atoms with Crippen LogP contribution in [0, 0.1) is 17.6 Å². The second-order valence-electron chi connectivity index (χ2n) is 5.69. The fraction of sp³-hybridized carbons (Fsp3) is 0.500. The molecule has 0 bridgehead atoms. The topological polar surface area (TPSA) is 66.4 Å². The van der Waals surface area contributed by atoms with Crippen molar-refractivity contribution in [3.8, 4) is 0 Å². The molecule has 1 aliphatic carbocycles. The third kappa shape index (κ3) is 4.51. The molecule has 22 heavy (non-hydrogen) atoms. The van der Waals surface area contributed by atoms with Gasteiger partial charge >= 0.3 is 5.97 Å². The van der Waals surface area contributed by atoms with Crippen LogP contribution in [-0.2, 0) is 16.0 Å². The van der Waals surface area contributed by atoms with E-state index >= 15 is 0 Å². The number of nitrogens with one attached hydrogen (secondary N) is 1. The first-order valence-electron chi connectivity index (χ1n) is 7.42. The number of hydrogen-bond donors (Lipinski definition) is 2. The van der Waals surface area contributed by atoms with Gasteiger partial charge in [0, 0.05) is 18.5 Å². The van der Waals surface area contributed by atoms with Gasteiger partial charge in [-0.15, -0.1) is 0 Å². The Hall–Kier alpha value is -1.98. The second-order valence-corrected chi connectivity index (χ2v) is 5.69. The lowest BCUT2D eigenvalue weighted by molar-refractivity contribution is -0.142. The van der Waals surface area contributed by atoms with Gasteiger partial charge in [-0.3, -0.25) is 9.59 Å². The Labute approximate surface area is 127 Å². The van der Waals surface area contributed by atoms with Crippen molar-refractivity contribution in [2.24, 2.45) is 5.92 Å². The molecule has 0 radical (unpaired) electrons. The van der Waals surface area contributed by atoms with E-state index in [2.05, 4.69) is 5.32 Å². The number of rotatable bonds is 5. The third-order valence-corrected chi connectivity index (χ3v) is 4.08. The maximum atomic E-state index is 13.5. The zero-order chi connectivity index (χ0) is 16.1. The molecule has 2 N–H and O–H groups in total. The number of hydrogen-bond acceptors (Lipinski definition) is 2. The van der Waals surface area contributed by atoms with Gasteiger partial charge in [0.25, 0.3) is 0 Å². The van der Waals surface area contributed by atoms with Crippen molar-refractivity contribution in [1.82, 2.24) is 5.32 Å². The van der Waals surface area contributed by atoms with Gasteiger partial charge in [-0.2, -0.15) is 0 Å². The molecule has 0 unspecified atom stereocenters. The number of amides is 1. The highest BCUT2D eigenvalue weighted by Crippen LogP contribution is 2.24. The molecule has 0 aromatic heterocycles. The summed E-state index contributed by atoms with van der Waals surface area (Å²) in [6.07, 6.45) is 2.75. The summed E-state index contributed by atoms with van der Waals surface area (Å²) >= 11 is 0. The zero-order valence-electron chi connectivity index (χ0n) is 12.1. The summed E-state index contributed by atoms with van der Waals surface area (Å²) in [5.74, 6) is -2.57. The number of halogens is 2.